The molecule has 9 heteroatoms. The molecule has 4 aromatic carbocycles. The van der Waals surface area contributed by atoms with Crippen molar-refractivity contribution in [1.82, 2.24) is 5.32 Å². The van der Waals surface area contributed by atoms with Gasteiger partial charge in [0.05, 0.1) is 6.61 Å². The Labute approximate surface area is 239 Å². The smallest absolute Gasteiger partial charge is 0.408 e. The summed E-state index contributed by atoms with van der Waals surface area (Å²) >= 11 is 0. The SMILES string of the molecule is O=C(COP(=O)(OCc1ccccc1)[C@@H](Cc1ccccc1)NC(=O)OCc1ccccc1)OCc1ccccc1. The minimum atomic E-state index is -4.17. The molecular weight excluding hydrogens is 541 g/mol. The van der Waals surface area contributed by atoms with Gasteiger partial charge in [0.25, 0.3) is 0 Å². The molecule has 4 aromatic rings. The number of carbonyl (C=O) groups excluding carboxylic acids is 2. The van der Waals surface area contributed by atoms with Crippen LogP contribution in [0.3, 0.4) is 0 Å². The highest BCUT2D eigenvalue weighted by Crippen LogP contribution is 2.54. The van der Waals surface area contributed by atoms with Crippen molar-refractivity contribution in [3.63, 3.8) is 0 Å². The van der Waals surface area contributed by atoms with Crippen LogP contribution in [0.25, 0.3) is 0 Å². The Morgan fingerprint density at radius 3 is 1.54 bits per heavy atom. The van der Waals surface area contributed by atoms with Gasteiger partial charge in [-0.05, 0) is 22.3 Å². The Morgan fingerprint density at radius 1 is 0.585 bits per heavy atom. The van der Waals surface area contributed by atoms with E-state index in [1.54, 1.807) is 0 Å². The lowest BCUT2D eigenvalue weighted by Gasteiger charge is -2.27. The second-order valence-corrected chi connectivity index (χ2v) is 11.3. The van der Waals surface area contributed by atoms with Crippen LogP contribution in [-0.2, 0) is 54.1 Å². The van der Waals surface area contributed by atoms with Gasteiger partial charge in [0.1, 0.15) is 19.0 Å². The molecule has 0 aliphatic heterocycles. The van der Waals surface area contributed by atoms with Crippen LogP contribution in [0.1, 0.15) is 22.3 Å². The quantitative estimate of drug-likeness (QED) is 0.133. The van der Waals surface area contributed by atoms with Crippen molar-refractivity contribution in [2.45, 2.75) is 32.0 Å². The fourth-order valence-corrected chi connectivity index (χ4v) is 5.61. The van der Waals surface area contributed by atoms with Gasteiger partial charge < -0.3 is 19.3 Å². The van der Waals surface area contributed by atoms with Crippen LogP contribution in [0.5, 0.6) is 0 Å². The standard InChI is InChI=1S/C32H32NO7P/c34-31(37-22-27-15-7-2-8-16-27)25-40-41(36,39-24-29-19-11-4-12-20-29)30(21-26-13-5-1-6-14-26)33-32(35)38-23-28-17-9-3-10-18-28/h1-20,30H,21-25H2,(H,33,35)/t30-,41?/m0/s1. The fraction of sp³-hybridized carbons (Fsp3) is 0.188. The molecule has 0 aliphatic carbocycles. The maximum absolute atomic E-state index is 14.4. The maximum Gasteiger partial charge on any atom is 0.408 e. The summed E-state index contributed by atoms with van der Waals surface area (Å²) in [6.07, 6.45) is -0.694. The third kappa shape index (κ3) is 10.0. The number of alkyl carbamates (subject to hydrolysis) is 1. The molecule has 1 N–H and O–H groups in total. The topological polar surface area (TPSA) is 100 Å². The molecule has 1 amide bonds. The molecule has 0 aliphatic rings. The molecule has 8 nitrogen and oxygen atoms in total. The number of ether oxygens (including phenoxy) is 2. The first-order valence-electron chi connectivity index (χ1n) is 13.1. The van der Waals surface area contributed by atoms with Crippen LogP contribution >= 0.6 is 7.60 Å². The van der Waals surface area contributed by atoms with Crippen LogP contribution in [0.4, 0.5) is 4.79 Å². The lowest BCUT2D eigenvalue weighted by molar-refractivity contribution is -0.147. The van der Waals surface area contributed by atoms with E-state index in [1.165, 1.54) is 0 Å². The molecule has 41 heavy (non-hydrogen) atoms. The van der Waals surface area contributed by atoms with Crippen LogP contribution in [0, 0.1) is 0 Å². The Kier molecular flexibility index (Phi) is 11.3. The van der Waals surface area contributed by atoms with E-state index in [0.717, 1.165) is 22.3 Å². The Bertz CT molecular complexity index is 1400. The molecule has 4 rings (SSSR count). The van der Waals surface area contributed by atoms with E-state index in [4.69, 9.17) is 18.5 Å². The first-order chi connectivity index (χ1) is 20.0. The number of esters is 1. The van der Waals surface area contributed by atoms with Crippen molar-refractivity contribution < 1.29 is 32.7 Å². The van der Waals surface area contributed by atoms with Gasteiger partial charge in [0.15, 0.2) is 6.61 Å². The molecule has 0 fully saturated rings. The molecule has 0 saturated heterocycles. The van der Waals surface area contributed by atoms with Crippen molar-refractivity contribution in [3.8, 4) is 0 Å². The first kappa shape index (κ1) is 29.7. The van der Waals surface area contributed by atoms with Crippen molar-refractivity contribution >= 4 is 19.7 Å². The van der Waals surface area contributed by atoms with Crippen molar-refractivity contribution in [2.24, 2.45) is 0 Å². The third-order valence-electron chi connectivity index (χ3n) is 6.01. The van der Waals surface area contributed by atoms with E-state index in [2.05, 4.69) is 5.32 Å². The summed E-state index contributed by atoms with van der Waals surface area (Å²) in [4.78, 5) is 25.4. The fourth-order valence-electron chi connectivity index (χ4n) is 3.86. The third-order valence-corrected chi connectivity index (χ3v) is 8.06. The molecule has 0 spiro atoms. The van der Waals surface area contributed by atoms with Crippen LogP contribution in [-0.4, -0.2) is 24.5 Å². The predicted octanol–water partition coefficient (Wildman–Crippen LogP) is 6.65. The number of hydrogen-bond acceptors (Lipinski definition) is 7. The van der Waals surface area contributed by atoms with Gasteiger partial charge in [0, 0.05) is 6.42 Å². The maximum atomic E-state index is 14.4. The first-order valence-corrected chi connectivity index (χ1v) is 14.7. The largest absolute Gasteiger partial charge is 0.459 e. The van der Waals surface area contributed by atoms with Gasteiger partial charge in [0.2, 0.25) is 0 Å². The number of hydrogen-bond donors (Lipinski definition) is 1. The Balaban J connectivity index is 1.50. The Hall–Kier alpha value is -4.23. The summed E-state index contributed by atoms with van der Waals surface area (Å²) in [7, 11) is -4.17. The summed E-state index contributed by atoms with van der Waals surface area (Å²) < 4.78 is 36.6. The summed E-state index contributed by atoms with van der Waals surface area (Å²) in [5, 5.41) is 2.67. The van der Waals surface area contributed by atoms with Crippen molar-refractivity contribution in [3.05, 3.63) is 144 Å². The van der Waals surface area contributed by atoms with Crippen molar-refractivity contribution in [2.75, 3.05) is 6.61 Å². The minimum absolute atomic E-state index is 0.0204. The minimum Gasteiger partial charge on any atom is -0.459 e. The zero-order valence-corrected chi connectivity index (χ0v) is 23.4. The van der Waals surface area contributed by atoms with E-state index < -0.39 is 32.0 Å². The lowest BCUT2D eigenvalue weighted by atomic mass is 10.1. The molecule has 0 radical (unpaired) electrons. The van der Waals surface area contributed by atoms with E-state index in [1.807, 2.05) is 121 Å². The monoisotopic (exact) mass is 573 g/mol. The molecule has 212 valence electrons. The molecule has 2 atom stereocenters. The van der Waals surface area contributed by atoms with E-state index >= 15 is 0 Å². The van der Waals surface area contributed by atoms with Crippen LogP contribution < -0.4 is 5.32 Å². The average molecular weight is 574 g/mol. The lowest BCUT2D eigenvalue weighted by Crippen LogP contribution is -2.38. The summed E-state index contributed by atoms with van der Waals surface area (Å²) in [5.41, 5.74) is 3.12. The average Bonchev–Trinajstić information content (AvgIpc) is 3.02. The number of amides is 1. The van der Waals surface area contributed by atoms with Crippen molar-refractivity contribution in [1.29, 1.82) is 0 Å². The zero-order valence-electron chi connectivity index (χ0n) is 22.5. The van der Waals surface area contributed by atoms with Gasteiger partial charge in [-0.25, -0.2) is 9.59 Å². The molecule has 0 aromatic heterocycles. The number of benzene rings is 4. The molecule has 1 unspecified atom stereocenters. The number of nitrogens with one attached hydrogen (secondary N) is 1. The van der Waals surface area contributed by atoms with Gasteiger partial charge in [-0.1, -0.05) is 121 Å². The second-order valence-electron chi connectivity index (χ2n) is 9.13. The molecule has 0 bridgehead atoms. The highest BCUT2D eigenvalue weighted by molar-refractivity contribution is 7.54. The Morgan fingerprint density at radius 2 is 1.02 bits per heavy atom. The van der Waals surface area contributed by atoms with Gasteiger partial charge >= 0.3 is 19.7 Å². The zero-order chi connectivity index (χ0) is 28.8. The number of rotatable bonds is 14. The summed E-state index contributed by atoms with van der Waals surface area (Å²) in [5.74, 6) is -1.87. The van der Waals surface area contributed by atoms with E-state index in [-0.39, 0.29) is 26.2 Å². The van der Waals surface area contributed by atoms with Crippen LogP contribution in [0.2, 0.25) is 0 Å². The van der Waals surface area contributed by atoms with Crippen LogP contribution in [0.15, 0.2) is 121 Å². The molecule has 0 heterocycles. The van der Waals surface area contributed by atoms with Gasteiger partial charge in [-0.15, -0.1) is 0 Å². The second kappa shape index (κ2) is 15.5. The van der Waals surface area contributed by atoms with Gasteiger partial charge in [-0.2, -0.15) is 0 Å². The highest BCUT2D eigenvalue weighted by Gasteiger charge is 2.39. The predicted molar refractivity (Wildman–Crippen MR) is 155 cm³/mol. The summed E-state index contributed by atoms with van der Waals surface area (Å²) in [6.45, 7) is -0.642. The normalized spacial score (nSPS) is 13.0. The summed E-state index contributed by atoms with van der Waals surface area (Å²) in [6, 6.07) is 36.7. The van der Waals surface area contributed by atoms with Gasteiger partial charge in [-0.3, -0.25) is 9.09 Å². The molecule has 0 saturated carbocycles. The van der Waals surface area contributed by atoms with E-state index in [0.29, 0.717) is 0 Å². The van der Waals surface area contributed by atoms with E-state index in [9.17, 15) is 14.2 Å². The number of carbonyl (C=O) groups is 2. The molecular formula is C32H32NO7P. The highest BCUT2D eigenvalue weighted by atomic mass is 31.2.